The Labute approximate surface area is 168 Å². The molecule has 0 aromatic carbocycles. The Morgan fingerprint density at radius 1 is 1.07 bits per heavy atom. The van der Waals surface area contributed by atoms with Gasteiger partial charge < -0.3 is 10.2 Å². The van der Waals surface area contributed by atoms with Crippen molar-refractivity contribution in [1.82, 2.24) is 24.8 Å². The monoisotopic (exact) mass is 399 g/mol. The van der Waals surface area contributed by atoms with Crippen molar-refractivity contribution >= 4 is 23.3 Å². The predicted octanol–water partition coefficient (Wildman–Crippen LogP) is 3.12. The minimum absolute atomic E-state index is 0.0293. The molecule has 8 heteroatoms. The van der Waals surface area contributed by atoms with E-state index in [0.29, 0.717) is 5.69 Å². The van der Waals surface area contributed by atoms with E-state index in [1.54, 1.807) is 22.7 Å². The highest BCUT2D eigenvalue weighted by atomic mass is 32.1. The first-order valence-corrected chi connectivity index (χ1v) is 10.9. The zero-order chi connectivity index (χ0) is 19.3. The number of pyridine rings is 1. The first-order valence-electron chi connectivity index (χ1n) is 10.0. The SMILES string of the molecule is O=C(NC1CCCC1)[C@H](c1ccncc1)N(C(=O)c1csnn1)C1CCCC1. The van der Waals surface area contributed by atoms with Crippen LogP contribution in [0.1, 0.15) is 73.5 Å². The van der Waals surface area contributed by atoms with E-state index in [4.69, 9.17) is 0 Å². The van der Waals surface area contributed by atoms with Gasteiger partial charge in [-0.3, -0.25) is 14.6 Å². The highest BCUT2D eigenvalue weighted by molar-refractivity contribution is 7.03. The quantitative estimate of drug-likeness (QED) is 0.806. The van der Waals surface area contributed by atoms with Crippen LogP contribution in [0, 0.1) is 0 Å². The lowest BCUT2D eigenvalue weighted by Gasteiger charge is -2.36. The lowest BCUT2D eigenvalue weighted by Crippen LogP contribution is -2.49. The second kappa shape index (κ2) is 8.77. The number of nitrogens with zero attached hydrogens (tertiary/aromatic N) is 4. The molecule has 4 rings (SSSR count). The first kappa shape index (κ1) is 19.0. The van der Waals surface area contributed by atoms with E-state index in [2.05, 4.69) is 19.9 Å². The summed E-state index contributed by atoms with van der Waals surface area (Å²) >= 11 is 1.15. The maximum Gasteiger partial charge on any atom is 0.276 e. The Kier molecular flexibility index (Phi) is 5.95. The maximum atomic E-state index is 13.4. The van der Waals surface area contributed by atoms with Crippen molar-refractivity contribution in [3.63, 3.8) is 0 Å². The molecule has 2 aromatic rings. The van der Waals surface area contributed by atoms with Gasteiger partial charge in [-0.25, -0.2) is 0 Å². The number of amides is 2. The van der Waals surface area contributed by atoms with Gasteiger partial charge in [-0.2, -0.15) is 0 Å². The predicted molar refractivity (Wildman–Crippen MR) is 106 cm³/mol. The van der Waals surface area contributed by atoms with Crippen molar-refractivity contribution in [2.75, 3.05) is 0 Å². The van der Waals surface area contributed by atoms with Crippen molar-refractivity contribution in [3.05, 3.63) is 41.2 Å². The summed E-state index contributed by atoms with van der Waals surface area (Å²) in [5.41, 5.74) is 1.10. The molecule has 7 nitrogen and oxygen atoms in total. The van der Waals surface area contributed by atoms with E-state index < -0.39 is 6.04 Å². The number of aromatic nitrogens is 3. The van der Waals surface area contributed by atoms with Crippen molar-refractivity contribution < 1.29 is 9.59 Å². The Bertz CT molecular complexity index is 786. The number of carbonyl (C=O) groups excluding carboxylic acids is 2. The number of hydrogen-bond acceptors (Lipinski definition) is 6. The van der Waals surface area contributed by atoms with E-state index in [0.717, 1.165) is 68.5 Å². The van der Waals surface area contributed by atoms with Gasteiger partial charge in [-0.15, -0.1) is 5.10 Å². The third-order valence-corrected chi connectivity index (χ3v) is 6.29. The molecule has 2 aromatic heterocycles. The largest absolute Gasteiger partial charge is 0.351 e. The number of nitrogens with one attached hydrogen (secondary N) is 1. The summed E-state index contributed by atoms with van der Waals surface area (Å²) in [6.45, 7) is 0. The molecule has 1 N–H and O–H groups in total. The van der Waals surface area contributed by atoms with Gasteiger partial charge in [0.2, 0.25) is 5.91 Å². The van der Waals surface area contributed by atoms with E-state index in [-0.39, 0.29) is 23.9 Å². The Hall–Kier alpha value is -2.35. The minimum Gasteiger partial charge on any atom is -0.351 e. The molecular weight excluding hydrogens is 374 g/mol. The third-order valence-electron chi connectivity index (χ3n) is 5.78. The highest BCUT2D eigenvalue weighted by Crippen LogP contribution is 2.33. The molecule has 2 heterocycles. The van der Waals surface area contributed by atoms with Gasteiger partial charge in [0.25, 0.3) is 5.91 Å². The summed E-state index contributed by atoms with van der Waals surface area (Å²) in [6, 6.07) is 3.20. The molecule has 0 saturated heterocycles. The topological polar surface area (TPSA) is 88.1 Å². The Morgan fingerprint density at radius 3 is 2.39 bits per heavy atom. The van der Waals surface area contributed by atoms with Crippen molar-refractivity contribution in [1.29, 1.82) is 0 Å². The molecule has 0 aliphatic heterocycles. The Balaban J connectivity index is 1.69. The van der Waals surface area contributed by atoms with Gasteiger partial charge in [0.05, 0.1) is 0 Å². The van der Waals surface area contributed by atoms with Gasteiger partial charge in [0.15, 0.2) is 5.69 Å². The van der Waals surface area contributed by atoms with Crippen LogP contribution in [0.25, 0.3) is 0 Å². The number of carbonyl (C=O) groups is 2. The zero-order valence-electron chi connectivity index (χ0n) is 15.8. The van der Waals surface area contributed by atoms with Crippen LogP contribution in [0.4, 0.5) is 0 Å². The van der Waals surface area contributed by atoms with Gasteiger partial charge in [-0.05, 0) is 54.9 Å². The summed E-state index contributed by atoms with van der Waals surface area (Å²) in [7, 11) is 0. The maximum absolute atomic E-state index is 13.4. The van der Waals surface area contributed by atoms with Crippen LogP contribution in [0.2, 0.25) is 0 Å². The fourth-order valence-electron chi connectivity index (χ4n) is 4.40. The van der Waals surface area contributed by atoms with Gasteiger partial charge in [0, 0.05) is 29.9 Å². The average molecular weight is 400 g/mol. The normalized spacial score (nSPS) is 18.9. The molecule has 0 bridgehead atoms. The third kappa shape index (κ3) is 4.06. The van der Waals surface area contributed by atoms with Crippen LogP contribution >= 0.6 is 11.5 Å². The van der Waals surface area contributed by atoms with Gasteiger partial charge in [0.1, 0.15) is 6.04 Å². The van der Waals surface area contributed by atoms with Crippen molar-refractivity contribution in [3.8, 4) is 0 Å². The molecule has 2 saturated carbocycles. The van der Waals surface area contributed by atoms with Crippen LogP contribution in [-0.2, 0) is 4.79 Å². The summed E-state index contributed by atoms with van der Waals surface area (Å²) in [5.74, 6) is -0.328. The molecule has 148 valence electrons. The summed E-state index contributed by atoms with van der Waals surface area (Å²) in [4.78, 5) is 32.6. The van der Waals surface area contributed by atoms with Crippen molar-refractivity contribution in [2.24, 2.45) is 0 Å². The standard InChI is InChI=1S/C20H25N5O2S/c26-19(22-15-5-1-2-6-15)18(14-9-11-21-12-10-14)25(16-7-3-4-8-16)20(27)17-13-28-24-23-17/h9-13,15-16,18H,1-8H2,(H,22,26)/t18-/m0/s1. The molecular formula is C20H25N5O2S. The molecule has 0 unspecified atom stereocenters. The van der Waals surface area contributed by atoms with E-state index in [1.165, 1.54) is 0 Å². The van der Waals surface area contributed by atoms with E-state index in [1.807, 2.05) is 12.1 Å². The van der Waals surface area contributed by atoms with E-state index in [9.17, 15) is 9.59 Å². The second-order valence-corrected chi connectivity index (χ2v) is 8.22. The van der Waals surface area contributed by atoms with E-state index >= 15 is 0 Å². The van der Waals surface area contributed by atoms with Crippen LogP contribution in [0.3, 0.4) is 0 Å². The highest BCUT2D eigenvalue weighted by Gasteiger charge is 2.39. The molecule has 28 heavy (non-hydrogen) atoms. The molecule has 2 fully saturated rings. The molecule has 2 aliphatic carbocycles. The lowest BCUT2D eigenvalue weighted by atomic mass is 10.0. The second-order valence-electron chi connectivity index (χ2n) is 7.61. The minimum atomic E-state index is -0.680. The number of hydrogen-bond donors (Lipinski definition) is 1. The smallest absolute Gasteiger partial charge is 0.276 e. The molecule has 2 aliphatic rings. The lowest BCUT2D eigenvalue weighted by molar-refractivity contribution is -0.127. The molecule has 0 radical (unpaired) electrons. The van der Waals surface area contributed by atoms with Crippen molar-refractivity contribution in [2.45, 2.75) is 69.5 Å². The summed E-state index contributed by atoms with van der Waals surface area (Å²) in [5, 5.41) is 8.83. The van der Waals surface area contributed by atoms with Crippen LogP contribution in [0.15, 0.2) is 29.9 Å². The summed E-state index contributed by atoms with van der Waals surface area (Å²) in [6.07, 6.45) is 11.6. The van der Waals surface area contributed by atoms with Gasteiger partial charge >= 0.3 is 0 Å². The zero-order valence-corrected chi connectivity index (χ0v) is 16.6. The fraction of sp³-hybridized carbons (Fsp3) is 0.550. The summed E-state index contributed by atoms with van der Waals surface area (Å²) < 4.78 is 3.85. The van der Waals surface area contributed by atoms with Crippen LogP contribution < -0.4 is 5.32 Å². The fourth-order valence-corrected chi connectivity index (χ4v) is 4.83. The molecule has 1 atom stereocenters. The van der Waals surface area contributed by atoms with Gasteiger partial charge in [-0.1, -0.05) is 30.2 Å². The Morgan fingerprint density at radius 2 is 1.75 bits per heavy atom. The van der Waals surface area contributed by atoms with Crippen LogP contribution in [0.5, 0.6) is 0 Å². The molecule has 2 amide bonds. The first-order chi connectivity index (χ1) is 13.7. The average Bonchev–Trinajstić information content (AvgIpc) is 3.49. The number of rotatable bonds is 6. The van der Waals surface area contributed by atoms with Crippen LogP contribution in [-0.4, -0.2) is 43.4 Å². The molecule has 0 spiro atoms.